The van der Waals surface area contributed by atoms with Gasteiger partial charge in [-0.3, -0.25) is 0 Å². The monoisotopic (exact) mass is 496 g/mol. The van der Waals surface area contributed by atoms with Gasteiger partial charge in [0.15, 0.2) is 0 Å². The minimum atomic E-state index is -0.474. The van der Waals surface area contributed by atoms with Gasteiger partial charge in [-0.15, -0.1) is 0 Å². The standard InChI is InChI=1S/C32H50NO3/c1-25-15-17-33(18-16-25,22-26-11-9-8-10-12-26)23-28(34)24-35-19-20-36-30-14-13-27(31(2,3)4)21-29(30)32(5,6)7/h8-14,21,25,28,34H,15-20,22-24H2,1-7H3/q+1. The lowest BCUT2D eigenvalue weighted by Gasteiger charge is -2.44. The Morgan fingerprint density at radius 1 is 0.917 bits per heavy atom. The molecule has 1 aliphatic heterocycles. The number of likely N-dealkylation sites (tertiary alicyclic amines) is 1. The highest BCUT2D eigenvalue weighted by molar-refractivity contribution is 5.43. The number of nitrogens with zero attached hydrogens (tertiary/aromatic N) is 1. The highest BCUT2D eigenvalue weighted by Crippen LogP contribution is 2.35. The van der Waals surface area contributed by atoms with Crippen LogP contribution in [0, 0.1) is 5.92 Å². The van der Waals surface area contributed by atoms with E-state index in [1.807, 2.05) is 0 Å². The van der Waals surface area contributed by atoms with Crippen LogP contribution in [0.25, 0.3) is 0 Å². The third-order valence-electron chi connectivity index (χ3n) is 7.60. The molecule has 2 aromatic rings. The predicted molar refractivity (Wildman–Crippen MR) is 150 cm³/mol. The van der Waals surface area contributed by atoms with Crippen molar-refractivity contribution in [1.82, 2.24) is 0 Å². The largest absolute Gasteiger partial charge is 0.491 e. The normalized spacial score (nSPS) is 21.8. The van der Waals surface area contributed by atoms with Gasteiger partial charge in [0.05, 0.1) is 26.3 Å². The van der Waals surface area contributed by atoms with Crippen LogP contribution < -0.4 is 4.74 Å². The van der Waals surface area contributed by atoms with Crippen LogP contribution in [0.4, 0.5) is 0 Å². The molecule has 1 fully saturated rings. The summed E-state index contributed by atoms with van der Waals surface area (Å²) < 4.78 is 13.0. The molecule has 0 spiro atoms. The topological polar surface area (TPSA) is 38.7 Å². The first kappa shape index (κ1) is 28.7. The summed E-state index contributed by atoms with van der Waals surface area (Å²) in [4.78, 5) is 0. The minimum absolute atomic E-state index is 0.00384. The number of piperidine rings is 1. The van der Waals surface area contributed by atoms with E-state index in [0.717, 1.165) is 42.3 Å². The number of quaternary nitrogens is 1. The van der Waals surface area contributed by atoms with Crippen molar-refractivity contribution in [2.45, 2.75) is 84.8 Å². The lowest BCUT2D eigenvalue weighted by atomic mass is 9.80. The molecule has 0 bridgehead atoms. The zero-order chi connectivity index (χ0) is 26.4. The first-order chi connectivity index (χ1) is 16.9. The Labute approximate surface area is 220 Å². The van der Waals surface area contributed by atoms with Crippen LogP contribution in [0.2, 0.25) is 0 Å². The first-order valence-electron chi connectivity index (χ1n) is 13.8. The molecule has 4 heteroatoms. The number of benzene rings is 2. The molecule has 0 saturated carbocycles. The average molecular weight is 497 g/mol. The van der Waals surface area contributed by atoms with Gasteiger partial charge in [-0.1, -0.05) is 90.9 Å². The number of rotatable bonds is 10. The van der Waals surface area contributed by atoms with E-state index >= 15 is 0 Å². The van der Waals surface area contributed by atoms with Gasteiger partial charge in [-0.2, -0.15) is 0 Å². The van der Waals surface area contributed by atoms with Gasteiger partial charge in [-0.05, 0) is 46.8 Å². The first-order valence-corrected chi connectivity index (χ1v) is 13.8. The van der Waals surface area contributed by atoms with Crippen LogP contribution in [0.5, 0.6) is 5.75 Å². The van der Waals surface area contributed by atoms with Crippen LogP contribution in [-0.2, 0) is 22.1 Å². The summed E-state index contributed by atoms with van der Waals surface area (Å²) in [6.45, 7) is 21.0. The molecule has 36 heavy (non-hydrogen) atoms. The summed E-state index contributed by atoms with van der Waals surface area (Å²) in [5, 5.41) is 10.9. The zero-order valence-electron chi connectivity index (χ0n) is 23.8. The summed E-state index contributed by atoms with van der Waals surface area (Å²) in [5.74, 6) is 1.70. The molecular weight excluding hydrogens is 446 g/mol. The Balaban J connectivity index is 1.52. The SMILES string of the molecule is CC1CC[N+](Cc2ccccc2)(CC(O)COCCOc2ccc(C(C)(C)C)cc2C(C)(C)C)CC1. The van der Waals surface area contributed by atoms with Crippen molar-refractivity contribution in [2.24, 2.45) is 5.92 Å². The maximum Gasteiger partial charge on any atom is 0.126 e. The number of aliphatic hydroxyl groups excluding tert-OH is 1. The fourth-order valence-corrected chi connectivity index (χ4v) is 5.26. The van der Waals surface area contributed by atoms with Crippen molar-refractivity contribution >= 4 is 0 Å². The van der Waals surface area contributed by atoms with Crippen molar-refractivity contribution in [3.05, 3.63) is 65.2 Å². The fraction of sp³-hybridized carbons (Fsp3) is 0.625. The van der Waals surface area contributed by atoms with Crippen molar-refractivity contribution in [1.29, 1.82) is 0 Å². The minimum Gasteiger partial charge on any atom is -0.491 e. The Kier molecular flexibility index (Phi) is 9.65. The average Bonchev–Trinajstić information content (AvgIpc) is 2.80. The second-order valence-electron chi connectivity index (χ2n) is 13.1. The highest BCUT2D eigenvalue weighted by atomic mass is 16.5. The number of ether oxygens (including phenoxy) is 2. The van der Waals surface area contributed by atoms with Crippen molar-refractivity contribution in [3.8, 4) is 5.75 Å². The molecule has 0 aliphatic carbocycles. The van der Waals surface area contributed by atoms with E-state index < -0.39 is 6.10 Å². The second kappa shape index (κ2) is 12.1. The Bertz CT molecular complexity index is 934. The molecule has 1 unspecified atom stereocenters. The fourth-order valence-electron chi connectivity index (χ4n) is 5.26. The Morgan fingerprint density at radius 2 is 1.58 bits per heavy atom. The zero-order valence-corrected chi connectivity index (χ0v) is 23.8. The number of aliphatic hydroxyl groups is 1. The molecule has 3 rings (SSSR count). The van der Waals surface area contributed by atoms with E-state index in [1.54, 1.807) is 0 Å². The molecule has 0 aromatic heterocycles. The van der Waals surface area contributed by atoms with Gasteiger partial charge in [0, 0.05) is 5.56 Å². The third-order valence-corrected chi connectivity index (χ3v) is 7.60. The van der Waals surface area contributed by atoms with E-state index in [1.165, 1.54) is 29.5 Å². The molecule has 1 atom stereocenters. The van der Waals surface area contributed by atoms with Gasteiger partial charge in [-0.25, -0.2) is 0 Å². The van der Waals surface area contributed by atoms with Gasteiger partial charge in [0.2, 0.25) is 0 Å². The molecule has 4 nitrogen and oxygen atoms in total. The molecule has 1 N–H and O–H groups in total. The maximum absolute atomic E-state index is 10.9. The second-order valence-corrected chi connectivity index (χ2v) is 13.1. The van der Waals surface area contributed by atoms with Crippen LogP contribution in [0.1, 0.15) is 78.0 Å². The lowest BCUT2D eigenvalue weighted by Crippen LogP contribution is -2.56. The van der Waals surface area contributed by atoms with Gasteiger partial charge in [0.1, 0.15) is 31.5 Å². The van der Waals surface area contributed by atoms with Crippen LogP contribution in [0.3, 0.4) is 0 Å². The maximum atomic E-state index is 10.9. The van der Waals surface area contributed by atoms with Crippen LogP contribution in [0.15, 0.2) is 48.5 Å². The third kappa shape index (κ3) is 8.33. The number of hydrogen-bond donors (Lipinski definition) is 1. The van der Waals surface area contributed by atoms with Gasteiger partial charge < -0.3 is 19.1 Å². The van der Waals surface area contributed by atoms with E-state index in [4.69, 9.17) is 9.47 Å². The predicted octanol–water partition coefficient (Wildman–Crippen LogP) is 6.48. The molecule has 2 aromatic carbocycles. The summed E-state index contributed by atoms with van der Waals surface area (Å²) >= 11 is 0. The molecular formula is C32H50NO3+. The highest BCUT2D eigenvalue weighted by Gasteiger charge is 2.35. The van der Waals surface area contributed by atoms with Crippen molar-refractivity contribution in [2.75, 3.05) is 39.5 Å². The van der Waals surface area contributed by atoms with Gasteiger partial charge in [0.25, 0.3) is 0 Å². The lowest BCUT2D eigenvalue weighted by molar-refractivity contribution is -0.948. The molecule has 200 valence electrons. The quantitative estimate of drug-likeness (QED) is 0.302. The van der Waals surface area contributed by atoms with E-state index in [2.05, 4.69) is 97.0 Å². The summed E-state index contributed by atoms with van der Waals surface area (Å²) in [6.07, 6.45) is 1.97. The van der Waals surface area contributed by atoms with Crippen molar-refractivity contribution in [3.63, 3.8) is 0 Å². The Morgan fingerprint density at radius 3 is 2.19 bits per heavy atom. The van der Waals surface area contributed by atoms with E-state index in [0.29, 0.717) is 19.8 Å². The molecule has 1 aliphatic rings. The van der Waals surface area contributed by atoms with Crippen LogP contribution >= 0.6 is 0 Å². The summed E-state index contributed by atoms with van der Waals surface area (Å²) in [7, 11) is 0. The molecule has 1 heterocycles. The Hall–Kier alpha value is -1.88. The smallest absolute Gasteiger partial charge is 0.126 e. The number of hydrogen-bond acceptors (Lipinski definition) is 3. The van der Waals surface area contributed by atoms with E-state index in [9.17, 15) is 5.11 Å². The summed E-state index contributed by atoms with van der Waals surface area (Å²) in [6, 6.07) is 17.3. The van der Waals surface area contributed by atoms with E-state index in [-0.39, 0.29) is 10.8 Å². The van der Waals surface area contributed by atoms with Crippen molar-refractivity contribution < 1.29 is 19.1 Å². The molecule has 1 saturated heterocycles. The van der Waals surface area contributed by atoms with Gasteiger partial charge >= 0.3 is 0 Å². The van der Waals surface area contributed by atoms with Crippen LogP contribution in [-0.4, -0.2) is 55.1 Å². The molecule has 0 amide bonds. The summed E-state index contributed by atoms with van der Waals surface area (Å²) in [5.41, 5.74) is 3.99. The molecule has 0 radical (unpaired) electrons.